The van der Waals surface area contributed by atoms with Crippen LogP contribution in [0.25, 0.3) is 0 Å². The highest BCUT2D eigenvalue weighted by Crippen LogP contribution is 2.23. The molecule has 1 N–H and O–H groups in total. The molecule has 8 heteroatoms. The highest BCUT2D eigenvalue weighted by atomic mass is 35.5. The van der Waals surface area contributed by atoms with Crippen molar-refractivity contribution in [1.29, 1.82) is 0 Å². The molecule has 1 amide bonds. The third-order valence-corrected chi connectivity index (χ3v) is 3.66. The zero-order valence-corrected chi connectivity index (χ0v) is 14.2. The van der Waals surface area contributed by atoms with Crippen LogP contribution in [0.5, 0.6) is 0 Å². The van der Waals surface area contributed by atoms with E-state index >= 15 is 0 Å². The summed E-state index contributed by atoms with van der Waals surface area (Å²) in [7, 11) is 0. The van der Waals surface area contributed by atoms with Gasteiger partial charge < -0.3 is 14.5 Å². The molecule has 6 nitrogen and oxygen atoms in total. The molecule has 0 aromatic carbocycles. The van der Waals surface area contributed by atoms with Gasteiger partial charge in [0.25, 0.3) is 5.91 Å². The van der Waals surface area contributed by atoms with Crippen LogP contribution < -0.4 is 5.32 Å². The number of carbonyl (C=O) groups excluding carboxylic acids is 2. The molecule has 0 unspecified atom stereocenters. The van der Waals surface area contributed by atoms with Crippen molar-refractivity contribution in [2.75, 3.05) is 11.9 Å². The fourth-order valence-electron chi connectivity index (χ4n) is 1.97. The van der Waals surface area contributed by atoms with E-state index in [2.05, 4.69) is 10.3 Å². The summed E-state index contributed by atoms with van der Waals surface area (Å²) in [6, 6.07) is 1.44. The number of nitrogens with zero attached hydrogens (tertiary/aromatic N) is 1. The molecular weight excluding hydrogens is 343 g/mol. The van der Waals surface area contributed by atoms with Gasteiger partial charge in [-0.25, -0.2) is 9.78 Å². The Labute approximate surface area is 142 Å². The summed E-state index contributed by atoms with van der Waals surface area (Å²) in [6.45, 7) is 4.69. The van der Waals surface area contributed by atoms with E-state index in [0.717, 1.165) is 0 Å². The lowest BCUT2D eigenvalue weighted by molar-refractivity contribution is -0.119. The van der Waals surface area contributed by atoms with Gasteiger partial charge >= 0.3 is 5.97 Å². The van der Waals surface area contributed by atoms with Crippen molar-refractivity contribution in [3.8, 4) is 0 Å². The summed E-state index contributed by atoms with van der Waals surface area (Å²) in [5.41, 5.74) is 1.02. The van der Waals surface area contributed by atoms with E-state index in [-0.39, 0.29) is 10.8 Å². The van der Waals surface area contributed by atoms with Crippen LogP contribution in [0.2, 0.25) is 10.0 Å². The molecular formula is C15H14Cl2N2O4. The summed E-state index contributed by atoms with van der Waals surface area (Å²) >= 11 is 11.6. The lowest BCUT2D eigenvalue weighted by Crippen LogP contribution is -2.22. The minimum Gasteiger partial charge on any atom is -0.465 e. The van der Waals surface area contributed by atoms with Gasteiger partial charge in [0.1, 0.15) is 17.1 Å². The molecule has 0 atom stereocenters. The maximum absolute atomic E-state index is 12.0. The van der Waals surface area contributed by atoms with Crippen molar-refractivity contribution in [3.63, 3.8) is 0 Å². The number of ether oxygens (including phenoxy) is 1. The third-order valence-electron chi connectivity index (χ3n) is 3.17. The zero-order valence-electron chi connectivity index (χ0n) is 12.7. The average molecular weight is 357 g/mol. The smallest absolute Gasteiger partial charge is 0.342 e. The summed E-state index contributed by atoms with van der Waals surface area (Å²) in [5, 5.41) is 2.97. The van der Waals surface area contributed by atoms with E-state index in [1.54, 1.807) is 20.8 Å². The van der Waals surface area contributed by atoms with E-state index in [0.29, 0.717) is 27.7 Å². The van der Waals surface area contributed by atoms with Crippen LogP contribution in [-0.2, 0) is 9.53 Å². The number of aryl methyl sites for hydroxylation is 2. The van der Waals surface area contributed by atoms with Gasteiger partial charge in [0.05, 0.1) is 10.0 Å². The second-order valence-corrected chi connectivity index (χ2v) is 5.67. The number of esters is 1. The molecule has 2 aromatic rings. The van der Waals surface area contributed by atoms with Crippen molar-refractivity contribution in [3.05, 3.63) is 45.0 Å². The fourth-order valence-corrected chi connectivity index (χ4v) is 2.40. The van der Waals surface area contributed by atoms with Gasteiger partial charge in [0.2, 0.25) is 0 Å². The number of halogens is 2. The molecule has 0 aliphatic carbocycles. The molecule has 0 aliphatic rings. The van der Waals surface area contributed by atoms with Crippen molar-refractivity contribution in [1.82, 2.24) is 4.98 Å². The van der Waals surface area contributed by atoms with Crippen LogP contribution in [0, 0.1) is 20.8 Å². The Hall–Kier alpha value is -2.05. The van der Waals surface area contributed by atoms with Crippen molar-refractivity contribution >= 4 is 40.9 Å². The number of amides is 1. The largest absolute Gasteiger partial charge is 0.465 e. The van der Waals surface area contributed by atoms with Gasteiger partial charge in [-0.05, 0) is 26.8 Å². The number of anilines is 1. The molecule has 0 bridgehead atoms. The Balaban J connectivity index is 1.97. The minimum atomic E-state index is -0.623. The SMILES string of the molecule is Cc1oc(C)c(C(=O)OCC(=O)Nc2ncc(Cl)cc2Cl)c1C. The molecule has 0 fully saturated rings. The quantitative estimate of drug-likeness (QED) is 0.844. The molecule has 0 saturated carbocycles. The maximum Gasteiger partial charge on any atom is 0.342 e. The number of carbonyl (C=O) groups is 2. The summed E-state index contributed by atoms with van der Waals surface area (Å²) in [6.07, 6.45) is 1.34. The molecule has 2 heterocycles. The van der Waals surface area contributed by atoms with Crippen LogP contribution in [0.4, 0.5) is 5.82 Å². The van der Waals surface area contributed by atoms with E-state index in [1.165, 1.54) is 12.3 Å². The second-order valence-electron chi connectivity index (χ2n) is 4.82. The molecule has 2 aromatic heterocycles. The first kappa shape index (κ1) is 17.3. The summed E-state index contributed by atoms with van der Waals surface area (Å²) in [5.74, 6) is 0.0419. The lowest BCUT2D eigenvalue weighted by Gasteiger charge is -2.07. The Morgan fingerprint density at radius 3 is 2.52 bits per heavy atom. The van der Waals surface area contributed by atoms with Crippen molar-refractivity contribution in [2.24, 2.45) is 0 Å². The predicted molar refractivity (Wildman–Crippen MR) is 86.1 cm³/mol. The molecule has 2 rings (SSSR count). The van der Waals surface area contributed by atoms with Gasteiger partial charge in [0.15, 0.2) is 12.4 Å². The molecule has 0 saturated heterocycles. The summed E-state index contributed by atoms with van der Waals surface area (Å²) < 4.78 is 10.3. The monoisotopic (exact) mass is 356 g/mol. The normalized spacial score (nSPS) is 10.5. The van der Waals surface area contributed by atoms with Gasteiger partial charge in [-0.3, -0.25) is 4.79 Å². The van der Waals surface area contributed by atoms with Crippen LogP contribution >= 0.6 is 23.2 Å². The Kier molecular flexibility index (Phi) is 5.28. The van der Waals surface area contributed by atoms with E-state index in [4.69, 9.17) is 32.4 Å². The van der Waals surface area contributed by atoms with Crippen LogP contribution in [0.15, 0.2) is 16.7 Å². The van der Waals surface area contributed by atoms with Crippen molar-refractivity contribution in [2.45, 2.75) is 20.8 Å². The van der Waals surface area contributed by atoms with E-state index < -0.39 is 18.5 Å². The molecule has 0 radical (unpaired) electrons. The molecule has 0 spiro atoms. The number of furan rings is 1. The predicted octanol–water partition coefficient (Wildman–Crippen LogP) is 3.70. The maximum atomic E-state index is 12.0. The number of rotatable bonds is 4. The van der Waals surface area contributed by atoms with Crippen LogP contribution in [0.3, 0.4) is 0 Å². The topological polar surface area (TPSA) is 81.4 Å². The fraction of sp³-hybridized carbons (Fsp3) is 0.267. The molecule has 0 aliphatic heterocycles. The number of pyridine rings is 1. The highest BCUT2D eigenvalue weighted by Gasteiger charge is 2.21. The van der Waals surface area contributed by atoms with E-state index in [9.17, 15) is 9.59 Å². The van der Waals surface area contributed by atoms with E-state index in [1.807, 2.05) is 0 Å². The Morgan fingerprint density at radius 2 is 1.96 bits per heavy atom. The van der Waals surface area contributed by atoms with Crippen LogP contribution in [-0.4, -0.2) is 23.5 Å². The second kappa shape index (κ2) is 7.02. The van der Waals surface area contributed by atoms with Gasteiger partial charge in [-0.15, -0.1) is 0 Å². The van der Waals surface area contributed by atoms with Gasteiger partial charge in [0, 0.05) is 11.8 Å². The van der Waals surface area contributed by atoms with Gasteiger partial charge in [-0.1, -0.05) is 23.2 Å². The Morgan fingerprint density at radius 1 is 1.26 bits per heavy atom. The Bertz CT molecular complexity index is 771. The van der Waals surface area contributed by atoms with Crippen molar-refractivity contribution < 1.29 is 18.7 Å². The first-order valence-electron chi connectivity index (χ1n) is 6.64. The third kappa shape index (κ3) is 4.03. The molecule has 23 heavy (non-hydrogen) atoms. The average Bonchev–Trinajstić information content (AvgIpc) is 2.73. The minimum absolute atomic E-state index is 0.142. The number of nitrogens with one attached hydrogen (secondary N) is 1. The zero-order chi connectivity index (χ0) is 17.1. The van der Waals surface area contributed by atoms with Crippen LogP contribution in [0.1, 0.15) is 27.4 Å². The first-order chi connectivity index (χ1) is 10.8. The number of hydrogen-bond acceptors (Lipinski definition) is 5. The first-order valence-corrected chi connectivity index (χ1v) is 7.39. The lowest BCUT2D eigenvalue weighted by atomic mass is 10.1. The standard InChI is InChI=1S/C15H14Cl2N2O4/c1-7-8(2)23-9(3)13(7)15(21)22-6-12(20)19-14-11(17)4-10(16)5-18-14/h4-5H,6H2,1-3H3,(H,18,19,20). The van der Waals surface area contributed by atoms with Gasteiger partial charge in [-0.2, -0.15) is 0 Å². The number of aromatic nitrogens is 1. The summed E-state index contributed by atoms with van der Waals surface area (Å²) in [4.78, 5) is 27.7. The molecule has 122 valence electrons. The number of hydrogen-bond donors (Lipinski definition) is 1. The highest BCUT2D eigenvalue weighted by molar-refractivity contribution is 6.36.